The van der Waals surface area contributed by atoms with Crippen molar-refractivity contribution in [1.82, 2.24) is 19.3 Å². The van der Waals surface area contributed by atoms with Crippen molar-refractivity contribution in [2.75, 3.05) is 18.8 Å². The number of sulfonamides is 1. The van der Waals surface area contributed by atoms with Crippen molar-refractivity contribution in [3.8, 4) is 5.69 Å². The SMILES string of the molecule is Cc1cc2nn(-c3ccc(S(=O)(=O)N4CCC(C)CC4)cc3)nc2cc1N. The molecule has 1 saturated heterocycles. The molecule has 8 heteroatoms. The molecule has 2 aromatic carbocycles. The Morgan fingerprint density at radius 3 is 2.26 bits per heavy atom. The summed E-state index contributed by atoms with van der Waals surface area (Å²) in [5, 5.41) is 8.91. The fourth-order valence-corrected chi connectivity index (χ4v) is 4.80. The van der Waals surface area contributed by atoms with Crippen LogP contribution in [-0.4, -0.2) is 40.8 Å². The van der Waals surface area contributed by atoms with Gasteiger partial charge in [0, 0.05) is 18.8 Å². The molecule has 0 atom stereocenters. The molecule has 142 valence electrons. The van der Waals surface area contributed by atoms with Gasteiger partial charge in [0.1, 0.15) is 11.0 Å². The van der Waals surface area contributed by atoms with Gasteiger partial charge in [-0.15, -0.1) is 10.2 Å². The summed E-state index contributed by atoms with van der Waals surface area (Å²) in [5.74, 6) is 0.580. The van der Waals surface area contributed by atoms with Crippen LogP contribution in [0.5, 0.6) is 0 Å². The number of anilines is 1. The number of hydrogen-bond donors (Lipinski definition) is 1. The monoisotopic (exact) mass is 385 g/mol. The topological polar surface area (TPSA) is 94.1 Å². The number of hydrogen-bond acceptors (Lipinski definition) is 5. The summed E-state index contributed by atoms with van der Waals surface area (Å²) in [6.45, 7) is 5.25. The first-order valence-electron chi connectivity index (χ1n) is 9.08. The maximum Gasteiger partial charge on any atom is 0.243 e. The second-order valence-corrected chi connectivity index (χ2v) is 9.21. The fourth-order valence-electron chi connectivity index (χ4n) is 3.33. The Morgan fingerprint density at radius 2 is 1.63 bits per heavy atom. The number of aromatic nitrogens is 3. The van der Waals surface area contributed by atoms with Gasteiger partial charge in [0.2, 0.25) is 10.0 Å². The van der Waals surface area contributed by atoms with E-state index in [0.717, 1.165) is 23.9 Å². The summed E-state index contributed by atoms with van der Waals surface area (Å²) < 4.78 is 27.2. The van der Waals surface area contributed by atoms with Gasteiger partial charge in [-0.3, -0.25) is 0 Å². The third kappa shape index (κ3) is 3.30. The van der Waals surface area contributed by atoms with Gasteiger partial charge in [-0.2, -0.15) is 9.10 Å². The lowest BCUT2D eigenvalue weighted by Crippen LogP contribution is -2.37. The van der Waals surface area contributed by atoms with E-state index in [4.69, 9.17) is 5.73 Å². The number of piperidine rings is 1. The standard InChI is InChI=1S/C19H23N5O2S/c1-13-7-9-23(10-8-13)27(25,26)16-5-3-15(4-6-16)24-21-18-11-14(2)17(20)12-19(18)22-24/h3-6,11-13H,7-10,20H2,1-2H3. The number of nitrogen functional groups attached to an aromatic ring is 1. The zero-order valence-electron chi connectivity index (χ0n) is 15.5. The predicted molar refractivity (Wildman–Crippen MR) is 105 cm³/mol. The van der Waals surface area contributed by atoms with Crippen LogP contribution in [0, 0.1) is 12.8 Å². The van der Waals surface area contributed by atoms with Crippen LogP contribution >= 0.6 is 0 Å². The Balaban J connectivity index is 1.62. The zero-order valence-corrected chi connectivity index (χ0v) is 16.3. The molecule has 1 aliphatic rings. The quantitative estimate of drug-likeness (QED) is 0.700. The van der Waals surface area contributed by atoms with E-state index in [1.54, 1.807) is 34.6 Å². The Hall–Kier alpha value is -2.45. The van der Waals surface area contributed by atoms with Gasteiger partial charge >= 0.3 is 0 Å². The van der Waals surface area contributed by atoms with Gasteiger partial charge in [0.15, 0.2) is 0 Å². The average Bonchev–Trinajstić information content (AvgIpc) is 3.05. The predicted octanol–water partition coefficient (Wildman–Crippen LogP) is 2.73. The molecule has 4 rings (SSSR count). The van der Waals surface area contributed by atoms with Crippen LogP contribution in [0.1, 0.15) is 25.3 Å². The lowest BCUT2D eigenvalue weighted by molar-refractivity contribution is 0.288. The number of benzene rings is 2. The molecule has 2 N–H and O–H groups in total. The number of nitrogens with two attached hydrogens (primary N) is 1. The summed E-state index contributed by atoms with van der Waals surface area (Å²) in [5.41, 5.74) is 9.72. The molecule has 0 saturated carbocycles. The minimum Gasteiger partial charge on any atom is -0.398 e. The van der Waals surface area contributed by atoms with Crippen LogP contribution in [0.2, 0.25) is 0 Å². The first-order chi connectivity index (χ1) is 12.8. The average molecular weight is 385 g/mol. The van der Waals surface area contributed by atoms with E-state index in [1.807, 2.05) is 13.0 Å². The molecule has 0 amide bonds. The summed E-state index contributed by atoms with van der Waals surface area (Å²) in [6, 6.07) is 10.4. The molecule has 1 aliphatic heterocycles. The van der Waals surface area contributed by atoms with Crippen LogP contribution in [0.4, 0.5) is 5.69 Å². The van der Waals surface area contributed by atoms with Crippen molar-refractivity contribution in [2.45, 2.75) is 31.6 Å². The lowest BCUT2D eigenvalue weighted by Gasteiger charge is -2.29. The van der Waals surface area contributed by atoms with Gasteiger partial charge < -0.3 is 5.73 Å². The fraction of sp³-hybridized carbons (Fsp3) is 0.368. The largest absolute Gasteiger partial charge is 0.398 e. The first kappa shape index (κ1) is 17.9. The number of rotatable bonds is 3. The van der Waals surface area contributed by atoms with Gasteiger partial charge in [-0.1, -0.05) is 6.92 Å². The Labute approximate surface area is 158 Å². The van der Waals surface area contributed by atoms with Gasteiger partial charge in [0.25, 0.3) is 0 Å². The van der Waals surface area contributed by atoms with Crippen molar-refractivity contribution in [3.05, 3.63) is 42.0 Å². The van der Waals surface area contributed by atoms with E-state index >= 15 is 0 Å². The minimum atomic E-state index is -3.45. The zero-order chi connectivity index (χ0) is 19.2. The van der Waals surface area contributed by atoms with E-state index in [0.29, 0.717) is 40.8 Å². The number of fused-ring (bicyclic) bond motifs is 1. The second-order valence-electron chi connectivity index (χ2n) is 7.27. The molecule has 0 unspecified atom stereocenters. The molecule has 7 nitrogen and oxygen atoms in total. The molecule has 1 aromatic heterocycles. The molecule has 2 heterocycles. The Bertz CT molecular complexity index is 1040. The van der Waals surface area contributed by atoms with Crippen molar-refractivity contribution >= 4 is 26.7 Å². The maximum atomic E-state index is 12.8. The third-order valence-electron chi connectivity index (χ3n) is 5.22. The van der Waals surface area contributed by atoms with Crippen LogP contribution in [0.15, 0.2) is 41.3 Å². The molecule has 0 radical (unpaired) electrons. The molecular weight excluding hydrogens is 362 g/mol. The number of aryl methyl sites for hydroxylation is 1. The molecular formula is C19H23N5O2S. The van der Waals surface area contributed by atoms with Gasteiger partial charge in [-0.25, -0.2) is 8.42 Å². The molecule has 0 spiro atoms. The highest BCUT2D eigenvalue weighted by atomic mass is 32.2. The highest BCUT2D eigenvalue weighted by molar-refractivity contribution is 7.89. The van der Waals surface area contributed by atoms with E-state index in [-0.39, 0.29) is 0 Å². The van der Waals surface area contributed by atoms with E-state index in [1.165, 1.54) is 4.80 Å². The van der Waals surface area contributed by atoms with Crippen molar-refractivity contribution in [3.63, 3.8) is 0 Å². The van der Waals surface area contributed by atoms with Gasteiger partial charge in [-0.05, 0) is 67.6 Å². The normalized spacial score (nSPS) is 16.8. The second kappa shape index (κ2) is 6.61. The minimum absolute atomic E-state index is 0.303. The number of nitrogens with zero attached hydrogens (tertiary/aromatic N) is 4. The van der Waals surface area contributed by atoms with Crippen LogP contribution in [0.3, 0.4) is 0 Å². The van der Waals surface area contributed by atoms with E-state index < -0.39 is 10.0 Å². The van der Waals surface area contributed by atoms with Gasteiger partial charge in [0.05, 0.1) is 10.6 Å². The molecule has 27 heavy (non-hydrogen) atoms. The van der Waals surface area contributed by atoms with Crippen LogP contribution < -0.4 is 5.73 Å². The highest BCUT2D eigenvalue weighted by Gasteiger charge is 2.28. The molecule has 0 bridgehead atoms. The highest BCUT2D eigenvalue weighted by Crippen LogP contribution is 2.24. The smallest absolute Gasteiger partial charge is 0.243 e. The van der Waals surface area contributed by atoms with Crippen LogP contribution in [-0.2, 0) is 10.0 Å². The van der Waals surface area contributed by atoms with Crippen LogP contribution in [0.25, 0.3) is 16.7 Å². The summed E-state index contributed by atoms with van der Waals surface area (Å²) >= 11 is 0. The van der Waals surface area contributed by atoms with E-state index in [9.17, 15) is 8.42 Å². The first-order valence-corrected chi connectivity index (χ1v) is 10.5. The molecule has 0 aliphatic carbocycles. The summed E-state index contributed by atoms with van der Waals surface area (Å²) in [7, 11) is -3.45. The van der Waals surface area contributed by atoms with E-state index in [2.05, 4.69) is 17.1 Å². The Morgan fingerprint density at radius 1 is 1.04 bits per heavy atom. The molecule has 1 fully saturated rings. The van der Waals surface area contributed by atoms with Crippen molar-refractivity contribution < 1.29 is 8.42 Å². The third-order valence-corrected chi connectivity index (χ3v) is 7.13. The van der Waals surface area contributed by atoms with Crippen molar-refractivity contribution in [1.29, 1.82) is 0 Å². The Kier molecular flexibility index (Phi) is 4.39. The molecule has 3 aromatic rings. The lowest BCUT2D eigenvalue weighted by atomic mass is 10.0. The summed E-state index contributed by atoms with van der Waals surface area (Å²) in [6.07, 6.45) is 1.81. The maximum absolute atomic E-state index is 12.8. The summed E-state index contributed by atoms with van der Waals surface area (Å²) in [4.78, 5) is 1.81. The van der Waals surface area contributed by atoms with Crippen molar-refractivity contribution in [2.24, 2.45) is 5.92 Å².